The van der Waals surface area contributed by atoms with Crippen LogP contribution in [-0.4, -0.2) is 33.9 Å². The summed E-state index contributed by atoms with van der Waals surface area (Å²) < 4.78 is 7.03. The summed E-state index contributed by atoms with van der Waals surface area (Å²) in [6, 6.07) is 2.17. The van der Waals surface area contributed by atoms with Crippen LogP contribution in [0.4, 0.5) is 0 Å². The van der Waals surface area contributed by atoms with Crippen LogP contribution in [0.2, 0.25) is 0 Å². The van der Waals surface area contributed by atoms with Gasteiger partial charge in [-0.05, 0) is 47.1 Å². The van der Waals surface area contributed by atoms with Gasteiger partial charge in [0.2, 0.25) is 0 Å². The molecule has 0 radical (unpaired) electrons. The fraction of sp³-hybridized carbons (Fsp3) is 0.714. The van der Waals surface area contributed by atoms with Gasteiger partial charge in [-0.15, -0.1) is 0 Å². The first kappa shape index (κ1) is 15.7. The number of rotatable bonds is 7. The zero-order valence-corrected chi connectivity index (χ0v) is 12.6. The molecule has 0 saturated carbocycles. The van der Waals surface area contributed by atoms with Gasteiger partial charge in [-0.25, -0.2) is 0 Å². The molecule has 0 aliphatic carbocycles. The number of nitrogens with zero attached hydrogens (tertiary/aromatic N) is 2. The van der Waals surface area contributed by atoms with E-state index in [1.165, 1.54) is 0 Å². The van der Waals surface area contributed by atoms with Gasteiger partial charge >= 0.3 is 5.97 Å². The van der Waals surface area contributed by atoms with Crippen LogP contribution in [0.15, 0.2) is 12.3 Å². The molecule has 1 aromatic heterocycles. The van der Waals surface area contributed by atoms with E-state index in [0.29, 0.717) is 19.6 Å². The van der Waals surface area contributed by atoms with Crippen LogP contribution < -0.4 is 5.32 Å². The van der Waals surface area contributed by atoms with E-state index in [0.717, 1.165) is 5.69 Å². The Morgan fingerprint density at radius 1 is 1.58 bits per heavy atom. The molecule has 1 aromatic rings. The Kier molecular flexibility index (Phi) is 5.54. The number of ether oxygens (including phenoxy) is 1. The molecule has 1 rings (SSSR count). The van der Waals surface area contributed by atoms with Gasteiger partial charge in [-0.2, -0.15) is 5.10 Å². The van der Waals surface area contributed by atoms with E-state index in [-0.39, 0.29) is 12.0 Å². The normalized spacial score (nSPS) is 14.4. The molecule has 1 atom stereocenters. The van der Waals surface area contributed by atoms with E-state index in [4.69, 9.17) is 4.74 Å². The van der Waals surface area contributed by atoms with Gasteiger partial charge in [-0.3, -0.25) is 14.8 Å². The first-order valence-electron chi connectivity index (χ1n) is 6.82. The lowest BCUT2D eigenvalue weighted by molar-refractivity contribution is -0.151. The Bertz CT molecular complexity index is 415. The van der Waals surface area contributed by atoms with Gasteiger partial charge in [0.25, 0.3) is 0 Å². The smallest absolute Gasteiger partial charge is 0.326 e. The van der Waals surface area contributed by atoms with Crippen molar-refractivity contribution in [2.24, 2.45) is 0 Å². The van der Waals surface area contributed by atoms with E-state index in [9.17, 15) is 4.79 Å². The fourth-order valence-electron chi connectivity index (χ4n) is 2.09. The Labute approximate surface area is 115 Å². The molecule has 0 aromatic carbocycles. The van der Waals surface area contributed by atoms with E-state index in [1.807, 2.05) is 51.6 Å². The molecular weight excluding hydrogens is 242 g/mol. The highest BCUT2D eigenvalue weighted by molar-refractivity contribution is 5.80. The maximum absolute atomic E-state index is 12.1. The molecule has 1 unspecified atom stereocenters. The Hall–Kier alpha value is -1.36. The molecule has 0 spiro atoms. The zero-order chi connectivity index (χ0) is 14.5. The maximum Gasteiger partial charge on any atom is 0.326 e. The lowest BCUT2D eigenvalue weighted by Gasteiger charge is -2.30. The van der Waals surface area contributed by atoms with E-state index >= 15 is 0 Å². The topological polar surface area (TPSA) is 56.2 Å². The molecule has 5 nitrogen and oxygen atoms in total. The van der Waals surface area contributed by atoms with Crippen LogP contribution in [0.1, 0.15) is 39.8 Å². The van der Waals surface area contributed by atoms with Crippen molar-refractivity contribution in [3.63, 3.8) is 0 Å². The second-order valence-electron chi connectivity index (χ2n) is 5.32. The third-order valence-corrected chi connectivity index (χ3v) is 2.95. The predicted molar refractivity (Wildman–Crippen MR) is 74.9 cm³/mol. The van der Waals surface area contributed by atoms with Gasteiger partial charge < -0.3 is 4.74 Å². The highest BCUT2D eigenvalue weighted by atomic mass is 16.5. The minimum atomic E-state index is -0.677. The van der Waals surface area contributed by atoms with Gasteiger partial charge in [0.15, 0.2) is 0 Å². The average Bonchev–Trinajstić information content (AvgIpc) is 2.72. The van der Waals surface area contributed by atoms with Crippen LogP contribution in [0.25, 0.3) is 0 Å². The van der Waals surface area contributed by atoms with E-state index in [1.54, 1.807) is 0 Å². The number of hydrogen-bond donors (Lipinski definition) is 1. The highest BCUT2D eigenvalue weighted by Gasteiger charge is 2.34. The lowest BCUT2D eigenvalue weighted by atomic mass is 9.96. The number of carbonyl (C=O) groups is 1. The standard InChI is InChI=1S/C14H25N3O2/c1-6-19-13(18)14(5,15-11(2)3)8-10-17-9-7-12(4)16-17/h7,9,11,15H,6,8,10H2,1-5H3. The van der Waals surface area contributed by atoms with Gasteiger partial charge in [0.05, 0.1) is 12.3 Å². The first-order chi connectivity index (χ1) is 8.87. The van der Waals surface area contributed by atoms with Crippen molar-refractivity contribution in [2.45, 2.75) is 59.2 Å². The minimum Gasteiger partial charge on any atom is -0.465 e. The summed E-state index contributed by atoms with van der Waals surface area (Å²) in [6.45, 7) is 10.8. The molecule has 0 bridgehead atoms. The van der Waals surface area contributed by atoms with Crippen LogP contribution in [-0.2, 0) is 16.1 Å². The van der Waals surface area contributed by atoms with Crippen molar-refractivity contribution in [3.8, 4) is 0 Å². The van der Waals surface area contributed by atoms with Gasteiger partial charge in [0.1, 0.15) is 5.54 Å². The number of hydrogen-bond acceptors (Lipinski definition) is 4. The Morgan fingerprint density at radius 3 is 2.74 bits per heavy atom. The molecule has 0 aliphatic heterocycles. The van der Waals surface area contributed by atoms with Crippen LogP contribution >= 0.6 is 0 Å². The number of aromatic nitrogens is 2. The number of esters is 1. The van der Waals surface area contributed by atoms with Gasteiger partial charge in [-0.1, -0.05) is 0 Å². The largest absolute Gasteiger partial charge is 0.465 e. The quantitative estimate of drug-likeness (QED) is 0.767. The number of aryl methyl sites for hydroxylation is 2. The van der Waals surface area contributed by atoms with Crippen LogP contribution in [0, 0.1) is 6.92 Å². The van der Waals surface area contributed by atoms with Crippen molar-refractivity contribution < 1.29 is 9.53 Å². The molecule has 0 aliphatic rings. The lowest BCUT2D eigenvalue weighted by Crippen LogP contribution is -2.53. The molecule has 5 heteroatoms. The van der Waals surface area contributed by atoms with Crippen molar-refractivity contribution >= 4 is 5.97 Å². The van der Waals surface area contributed by atoms with E-state index in [2.05, 4.69) is 10.4 Å². The number of nitrogens with one attached hydrogen (secondary N) is 1. The first-order valence-corrected chi connectivity index (χ1v) is 6.82. The highest BCUT2D eigenvalue weighted by Crippen LogP contribution is 2.15. The number of carbonyl (C=O) groups excluding carboxylic acids is 1. The fourth-order valence-corrected chi connectivity index (χ4v) is 2.09. The third kappa shape index (κ3) is 4.67. The summed E-state index contributed by atoms with van der Waals surface area (Å²) in [5, 5.41) is 7.64. The molecule has 19 heavy (non-hydrogen) atoms. The maximum atomic E-state index is 12.1. The summed E-state index contributed by atoms with van der Waals surface area (Å²) in [6.07, 6.45) is 2.57. The molecule has 0 fully saturated rings. The van der Waals surface area contributed by atoms with Gasteiger partial charge in [0, 0.05) is 18.8 Å². The van der Waals surface area contributed by atoms with Crippen molar-refractivity contribution in [2.75, 3.05) is 6.61 Å². The summed E-state index contributed by atoms with van der Waals surface area (Å²) in [7, 11) is 0. The monoisotopic (exact) mass is 267 g/mol. The zero-order valence-electron chi connectivity index (χ0n) is 12.6. The van der Waals surface area contributed by atoms with E-state index < -0.39 is 5.54 Å². The molecule has 108 valence electrons. The van der Waals surface area contributed by atoms with Crippen LogP contribution in [0.3, 0.4) is 0 Å². The molecule has 1 N–H and O–H groups in total. The SMILES string of the molecule is CCOC(=O)C(C)(CCn1ccc(C)n1)NC(C)C. The van der Waals surface area contributed by atoms with Crippen molar-refractivity contribution in [1.82, 2.24) is 15.1 Å². The minimum absolute atomic E-state index is 0.201. The second-order valence-corrected chi connectivity index (χ2v) is 5.32. The van der Waals surface area contributed by atoms with Crippen molar-refractivity contribution in [1.29, 1.82) is 0 Å². The predicted octanol–water partition coefficient (Wildman–Crippen LogP) is 1.90. The second kappa shape index (κ2) is 6.70. The molecular formula is C14H25N3O2. The average molecular weight is 267 g/mol. The third-order valence-electron chi connectivity index (χ3n) is 2.95. The molecule has 0 amide bonds. The Morgan fingerprint density at radius 2 is 2.26 bits per heavy atom. The summed E-state index contributed by atoms with van der Waals surface area (Å²) in [5.41, 5.74) is 0.305. The Balaban J connectivity index is 2.70. The molecule has 1 heterocycles. The van der Waals surface area contributed by atoms with Crippen molar-refractivity contribution in [3.05, 3.63) is 18.0 Å². The van der Waals surface area contributed by atoms with Crippen LogP contribution in [0.5, 0.6) is 0 Å². The summed E-state index contributed by atoms with van der Waals surface area (Å²) >= 11 is 0. The summed E-state index contributed by atoms with van der Waals surface area (Å²) in [4.78, 5) is 12.1. The molecule has 0 saturated heterocycles. The summed E-state index contributed by atoms with van der Waals surface area (Å²) in [5.74, 6) is -0.201.